The molecule has 0 radical (unpaired) electrons. The number of anilines is 1. The second kappa shape index (κ2) is 3.96. The van der Waals surface area contributed by atoms with Gasteiger partial charge in [0.15, 0.2) is 0 Å². The van der Waals surface area contributed by atoms with Crippen LogP contribution < -0.4 is 10.3 Å². The zero-order valence-electron chi connectivity index (χ0n) is 7.87. The van der Waals surface area contributed by atoms with Crippen molar-refractivity contribution in [3.05, 3.63) is 22.8 Å². The first-order valence-electron chi connectivity index (χ1n) is 4.44. The molecular formula is C9H11BrN4. The summed E-state index contributed by atoms with van der Waals surface area (Å²) >= 11 is 3.35. The van der Waals surface area contributed by atoms with Crippen LogP contribution in [-0.4, -0.2) is 24.4 Å². The molecule has 0 saturated carbocycles. The molecule has 0 amide bonds. The Labute approximate surface area is 91.1 Å². The molecule has 0 aliphatic carbocycles. The monoisotopic (exact) mass is 254 g/mol. The Morgan fingerprint density at radius 2 is 2.36 bits per heavy atom. The normalized spacial score (nSPS) is 15.6. The van der Waals surface area contributed by atoms with E-state index in [2.05, 4.69) is 31.3 Å². The Kier molecular flexibility index (Phi) is 2.67. The molecule has 74 valence electrons. The van der Waals surface area contributed by atoms with Crippen LogP contribution in [0, 0.1) is 0 Å². The van der Waals surface area contributed by atoms with Gasteiger partial charge in [-0.2, -0.15) is 5.10 Å². The highest BCUT2D eigenvalue weighted by molar-refractivity contribution is 9.10. The third-order valence-corrected chi connectivity index (χ3v) is 2.54. The molecule has 14 heavy (non-hydrogen) atoms. The highest BCUT2D eigenvalue weighted by Crippen LogP contribution is 2.17. The molecule has 5 heteroatoms. The molecule has 2 heterocycles. The van der Waals surface area contributed by atoms with E-state index >= 15 is 0 Å². The lowest BCUT2D eigenvalue weighted by Crippen LogP contribution is -2.14. The standard InChI is InChI=1S/C9H11BrN4/c1-11-8-4-5-14(13-8)9-3-2-7(10)6-12-9/h2-3,6H,4-5H2,1H3,(H,11,13). The number of rotatable bonds is 1. The summed E-state index contributed by atoms with van der Waals surface area (Å²) in [5.74, 6) is 1.90. The first kappa shape index (κ1) is 9.45. The average molecular weight is 255 g/mol. The van der Waals surface area contributed by atoms with Crippen molar-refractivity contribution in [3.63, 3.8) is 0 Å². The Bertz CT molecular complexity index is 346. The van der Waals surface area contributed by atoms with Crippen LogP contribution in [0.5, 0.6) is 0 Å². The van der Waals surface area contributed by atoms with Gasteiger partial charge < -0.3 is 5.32 Å². The Hall–Kier alpha value is -1.10. The van der Waals surface area contributed by atoms with Gasteiger partial charge in [0.05, 0.1) is 6.54 Å². The van der Waals surface area contributed by atoms with Crippen molar-refractivity contribution in [1.29, 1.82) is 0 Å². The van der Waals surface area contributed by atoms with Gasteiger partial charge in [0.1, 0.15) is 11.7 Å². The van der Waals surface area contributed by atoms with Gasteiger partial charge in [-0.3, -0.25) is 0 Å². The highest BCUT2D eigenvalue weighted by Gasteiger charge is 2.15. The van der Waals surface area contributed by atoms with Gasteiger partial charge in [-0.25, -0.2) is 9.99 Å². The number of halogens is 1. The molecule has 0 spiro atoms. The van der Waals surface area contributed by atoms with Crippen molar-refractivity contribution >= 4 is 27.6 Å². The minimum Gasteiger partial charge on any atom is -0.375 e. The summed E-state index contributed by atoms with van der Waals surface area (Å²) in [6.45, 7) is 0.894. The van der Waals surface area contributed by atoms with Crippen LogP contribution in [0.25, 0.3) is 0 Å². The molecule has 4 nitrogen and oxygen atoms in total. The van der Waals surface area contributed by atoms with Crippen molar-refractivity contribution in [2.24, 2.45) is 5.10 Å². The Balaban J connectivity index is 2.17. The number of aromatic nitrogens is 1. The smallest absolute Gasteiger partial charge is 0.148 e. The molecule has 1 aliphatic rings. The topological polar surface area (TPSA) is 40.5 Å². The maximum Gasteiger partial charge on any atom is 0.148 e. The van der Waals surface area contributed by atoms with Crippen LogP contribution >= 0.6 is 15.9 Å². The number of nitrogens with zero attached hydrogens (tertiary/aromatic N) is 3. The van der Waals surface area contributed by atoms with Crippen LogP contribution in [0.2, 0.25) is 0 Å². The van der Waals surface area contributed by atoms with E-state index in [4.69, 9.17) is 0 Å². The molecule has 0 atom stereocenters. The fraction of sp³-hybridized carbons (Fsp3) is 0.333. The van der Waals surface area contributed by atoms with Crippen molar-refractivity contribution in [2.45, 2.75) is 6.42 Å². The summed E-state index contributed by atoms with van der Waals surface area (Å²) in [6.07, 6.45) is 2.73. The Morgan fingerprint density at radius 1 is 1.50 bits per heavy atom. The van der Waals surface area contributed by atoms with E-state index in [-0.39, 0.29) is 0 Å². The first-order chi connectivity index (χ1) is 6.79. The molecular weight excluding hydrogens is 244 g/mol. The van der Waals surface area contributed by atoms with Crippen LogP contribution in [0.1, 0.15) is 6.42 Å². The molecule has 1 aromatic heterocycles. The van der Waals surface area contributed by atoms with E-state index in [1.54, 1.807) is 6.20 Å². The Morgan fingerprint density at radius 3 is 2.93 bits per heavy atom. The van der Waals surface area contributed by atoms with Gasteiger partial charge in [0, 0.05) is 24.1 Å². The summed E-state index contributed by atoms with van der Waals surface area (Å²) < 4.78 is 0.985. The quantitative estimate of drug-likeness (QED) is 0.828. The predicted molar refractivity (Wildman–Crippen MR) is 60.4 cm³/mol. The van der Waals surface area contributed by atoms with Gasteiger partial charge in [0.25, 0.3) is 0 Å². The fourth-order valence-corrected chi connectivity index (χ4v) is 1.55. The van der Waals surface area contributed by atoms with E-state index in [0.717, 1.165) is 29.1 Å². The zero-order chi connectivity index (χ0) is 9.97. The largest absolute Gasteiger partial charge is 0.375 e. The van der Waals surface area contributed by atoms with E-state index in [1.807, 2.05) is 24.2 Å². The number of hydrogen-bond donors (Lipinski definition) is 1. The molecule has 0 bridgehead atoms. The molecule has 1 aromatic rings. The van der Waals surface area contributed by atoms with Gasteiger partial charge in [-0.15, -0.1) is 0 Å². The van der Waals surface area contributed by atoms with E-state index < -0.39 is 0 Å². The third kappa shape index (κ3) is 1.87. The second-order valence-corrected chi connectivity index (χ2v) is 3.92. The van der Waals surface area contributed by atoms with Crippen LogP contribution in [0.4, 0.5) is 5.82 Å². The number of nitrogens with one attached hydrogen (secondary N) is 1. The molecule has 2 rings (SSSR count). The van der Waals surface area contributed by atoms with E-state index in [1.165, 1.54) is 0 Å². The van der Waals surface area contributed by atoms with Crippen molar-refractivity contribution in [1.82, 2.24) is 10.3 Å². The predicted octanol–water partition coefficient (Wildman–Crippen LogP) is 1.59. The van der Waals surface area contributed by atoms with Gasteiger partial charge >= 0.3 is 0 Å². The molecule has 0 aromatic carbocycles. The summed E-state index contributed by atoms with van der Waals surface area (Å²) in [7, 11) is 1.89. The van der Waals surface area contributed by atoms with Crippen LogP contribution in [0.15, 0.2) is 27.9 Å². The fourth-order valence-electron chi connectivity index (χ4n) is 1.32. The van der Waals surface area contributed by atoms with Crippen LogP contribution in [0.3, 0.4) is 0 Å². The average Bonchev–Trinajstić information content (AvgIpc) is 2.67. The first-order valence-corrected chi connectivity index (χ1v) is 5.23. The lowest BCUT2D eigenvalue weighted by molar-refractivity contribution is 0.895. The number of pyridine rings is 1. The summed E-state index contributed by atoms with van der Waals surface area (Å²) in [6, 6.07) is 3.92. The minimum atomic E-state index is 0.887. The summed E-state index contributed by atoms with van der Waals surface area (Å²) in [5, 5.41) is 9.31. The lowest BCUT2D eigenvalue weighted by Gasteiger charge is -2.11. The van der Waals surface area contributed by atoms with E-state index in [9.17, 15) is 0 Å². The lowest BCUT2D eigenvalue weighted by atomic mass is 10.4. The number of amidine groups is 1. The maximum absolute atomic E-state index is 4.37. The molecule has 1 N–H and O–H groups in total. The third-order valence-electron chi connectivity index (χ3n) is 2.07. The minimum absolute atomic E-state index is 0.887. The second-order valence-electron chi connectivity index (χ2n) is 3.00. The van der Waals surface area contributed by atoms with Crippen LogP contribution in [-0.2, 0) is 0 Å². The molecule has 0 fully saturated rings. The van der Waals surface area contributed by atoms with Gasteiger partial charge in [-0.1, -0.05) is 0 Å². The van der Waals surface area contributed by atoms with Crippen molar-refractivity contribution < 1.29 is 0 Å². The van der Waals surface area contributed by atoms with Gasteiger partial charge in [-0.05, 0) is 28.1 Å². The van der Waals surface area contributed by atoms with E-state index in [0.29, 0.717) is 0 Å². The summed E-state index contributed by atoms with van der Waals surface area (Å²) in [4.78, 5) is 4.27. The SMILES string of the molecule is CNC1=NN(c2ccc(Br)cn2)CC1. The highest BCUT2D eigenvalue weighted by atomic mass is 79.9. The van der Waals surface area contributed by atoms with Gasteiger partial charge in [0.2, 0.25) is 0 Å². The molecule has 0 unspecified atom stereocenters. The zero-order valence-corrected chi connectivity index (χ0v) is 9.45. The van der Waals surface area contributed by atoms with Crippen molar-refractivity contribution in [2.75, 3.05) is 18.6 Å². The molecule has 1 aliphatic heterocycles. The summed E-state index contributed by atoms with van der Waals surface area (Å²) in [5.41, 5.74) is 0. The van der Waals surface area contributed by atoms with Crippen molar-refractivity contribution in [3.8, 4) is 0 Å². The number of hydrogen-bond acceptors (Lipinski definition) is 4. The maximum atomic E-state index is 4.37. The molecule has 0 saturated heterocycles. The number of hydrazone groups is 1.